The minimum absolute atomic E-state index is 0.101. The molecule has 0 aliphatic carbocycles. The number of benzene rings is 2. The molecule has 32 heavy (non-hydrogen) atoms. The van der Waals surface area contributed by atoms with Crippen LogP contribution in [0.4, 0.5) is 15.9 Å². The zero-order valence-corrected chi connectivity index (χ0v) is 18.0. The van der Waals surface area contributed by atoms with Crippen molar-refractivity contribution in [2.24, 2.45) is 16.1 Å². The third kappa shape index (κ3) is 4.00. The molecule has 1 N–H and O–H groups in total. The van der Waals surface area contributed by atoms with Crippen LogP contribution in [0.15, 0.2) is 58.8 Å². The average Bonchev–Trinajstić information content (AvgIpc) is 3.18. The Morgan fingerprint density at radius 1 is 1.06 bits per heavy atom. The van der Waals surface area contributed by atoms with Gasteiger partial charge in [-0.3, -0.25) is 4.79 Å². The van der Waals surface area contributed by atoms with Crippen molar-refractivity contribution in [2.75, 3.05) is 25.0 Å². The van der Waals surface area contributed by atoms with Crippen molar-refractivity contribution in [3.05, 3.63) is 65.7 Å². The van der Waals surface area contributed by atoms with Crippen LogP contribution in [0.5, 0.6) is 0 Å². The van der Waals surface area contributed by atoms with Crippen molar-refractivity contribution < 1.29 is 9.18 Å². The van der Waals surface area contributed by atoms with Gasteiger partial charge in [-0.05, 0) is 49.7 Å². The Bertz CT molecular complexity index is 1150. The van der Waals surface area contributed by atoms with Crippen LogP contribution in [0, 0.1) is 18.7 Å². The average molecular weight is 433 g/mol. The number of anilines is 2. The highest BCUT2D eigenvalue weighted by Gasteiger charge is 2.31. The Hall–Kier alpha value is -3.55. The molecule has 0 spiro atoms. The fourth-order valence-electron chi connectivity index (χ4n) is 4.22. The lowest BCUT2D eigenvalue weighted by Crippen LogP contribution is -2.43. The maximum Gasteiger partial charge on any atom is 0.228 e. The van der Waals surface area contributed by atoms with Gasteiger partial charge < -0.3 is 14.8 Å². The molecule has 0 saturated heterocycles. The third-order valence-electron chi connectivity index (χ3n) is 6.04. The van der Waals surface area contributed by atoms with Crippen molar-refractivity contribution in [2.45, 2.75) is 26.4 Å². The van der Waals surface area contributed by atoms with E-state index < -0.39 is 0 Å². The minimum Gasteiger partial charge on any atom is -0.340 e. The number of aromatic nitrogens is 2. The number of imidazole rings is 1. The Morgan fingerprint density at radius 2 is 1.84 bits per heavy atom. The second-order valence-corrected chi connectivity index (χ2v) is 8.31. The summed E-state index contributed by atoms with van der Waals surface area (Å²) in [5, 5.41) is 11.6. The molecule has 2 aliphatic rings. The smallest absolute Gasteiger partial charge is 0.228 e. The van der Waals surface area contributed by atoms with E-state index in [9.17, 15) is 9.18 Å². The SMILES string of the molecule is Cc1ccc(Nc2c(-c3ccc(F)cc3)nc3n2CCN(C(=O)[C@@H]2CCN=NC2)C3)cc1. The highest BCUT2D eigenvalue weighted by molar-refractivity contribution is 5.80. The van der Waals surface area contributed by atoms with E-state index in [4.69, 9.17) is 4.98 Å². The van der Waals surface area contributed by atoms with Crippen LogP contribution in [-0.4, -0.2) is 40.0 Å². The monoisotopic (exact) mass is 432 g/mol. The number of amides is 1. The summed E-state index contributed by atoms with van der Waals surface area (Å²) in [5.41, 5.74) is 3.71. The Balaban J connectivity index is 1.48. The number of nitrogens with zero attached hydrogens (tertiary/aromatic N) is 5. The van der Waals surface area contributed by atoms with Crippen LogP contribution >= 0.6 is 0 Å². The number of azo groups is 1. The number of fused-ring (bicyclic) bond motifs is 1. The molecule has 5 rings (SSSR count). The molecule has 3 aromatic rings. The van der Waals surface area contributed by atoms with E-state index in [0.717, 1.165) is 35.0 Å². The number of nitrogens with one attached hydrogen (secondary N) is 1. The zero-order chi connectivity index (χ0) is 22.1. The van der Waals surface area contributed by atoms with Gasteiger partial charge in [0.15, 0.2) is 0 Å². The standard InChI is InChI=1S/C24H25FN6O/c1-16-2-8-20(9-3-16)28-23-22(17-4-6-19(25)7-5-17)29-21-15-30(12-13-31(21)23)24(32)18-10-11-26-27-14-18/h2-9,18,28H,10-15H2,1H3/t18-/m1/s1. The summed E-state index contributed by atoms with van der Waals surface area (Å²) >= 11 is 0. The first kappa shape index (κ1) is 20.4. The van der Waals surface area contributed by atoms with Crippen molar-refractivity contribution in [1.82, 2.24) is 14.5 Å². The van der Waals surface area contributed by atoms with Gasteiger partial charge in [0.1, 0.15) is 23.2 Å². The van der Waals surface area contributed by atoms with Gasteiger partial charge in [0.25, 0.3) is 0 Å². The number of aryl methyl sites for hydroxylation is 1. The highest BCUT2D eigenvalue weighted by Crippen LogP contribution is 2.33. The van der Waals surface area contributed by atoms with Crippen LogP contribution in [0.25, 0.3) is 11.3 Å². The molecule has 7 nitrogen and oxygen atoms in total. The van der Waals surface area contributed by atoms with Crippen LogP contribution in [0.1, 0.15) is 17.8 Å². The second-order valence-electron chi connectivity index (χ2n) is 8.31. The largest absolute Gasteiger partial charge is 0.340 e. The fourth-order valence-corrected chi connectivity index (χ4v) is 4.22. The van der Waals surface area contributed by atoms with Crippen molar-refractivity contribution >= 4 is 17.4 Å². The van der Waals surface area contributed by atoms with Gasteiger partial charge in [0, 0.05) is 24.3 Å². The lowest BCUT2D eigenvalue weighted by atomic mass is 10.0. The van der Waals surface area contributed by atoms with Gasteiger partial charge in [-0.1, -0.05) is 17.7 Å². The fraction of sp³-hybridized carbons (Fsp3) is 0.333. The van der Waals surface area contributed by atoms with Gasteiger partial charge in [-0.15, -0.1) is 0 Å². The van der Waals surface area contributed by atoms with Crippen molar-refractivity contribution in [3.8, 4) is 11.3 Å². The molecule has 1 aromatic heterocycles. The van der Waals surface area contributed by atoms with Gasteiger partial charge in [0.05, 0.1) is 25.6 Å². The summed E-state index contributed by atoms with van der Waals surface area (Å²) < 4.78 is 15.7. The maximum absolute atomic E-state index is 13.5. The van der Waals surface area contributed by atoms with E-state index in [1.54, 1.807) is 12.1 Å². The number of hydrogen-bond acceptors (Lipinski definition) is 5. The second kappa shape index (κ2) is 8.53. The van der Waals surface area contributed by atoms with E-state index in [-0.39, 0.29) is 17.6 Å². The van der Waals surface area contributed by atoms with Gasteiger partial charge in [-0.25, -0.2) is 9.37 Å². The third-order valence-corrected chi connectivity index (χ3v) is 6.04. The molecular weight excluding hydrogens is 407 g/mol. The molecule has 0 fully saturated rings. The maximum atomic E-state index is 13.5. The molecule has 0 bridgehead atoms. The Morgan fingerprint density at radius 3 is 2.56 bits per heavy atom. The predicted octanol–water partition coefficient (Wildman–Crippen LogP) is 4.56. The molecule has 1 atom stereocenters. The lowest BCUT2D eigenvalue weighted by molar-refractivity contribution is -0.137. The van der Waals surface area contributed by atoms with Crippen molar-refractivity contribution in [3.63, 3.8) is 0 Å². The molecule has 2 aliphatic heterocycles. The topological polar surface area (TPSA) is 74.9 Å². The molecule has 8 heteroatoms. The summed E-state index contributed by atoms with van der Waals surface area (Å²) in [4.78, 5) is 19.8. The lowest BCUT2D eigenvalue weighted by Gasteiger charge is -2.31. The molecule has 0 unspecified atom stereocenters. The quantitative estimate of drug-likeness (QED) is 0.657. The number of rotatable bonds is 4. The summed E-state index contributed by atoms with van der Waals surface area (Å²) in [6.45, 7) is 4.81. The molecule has 164 valence electrons. The number of hydrogen-bond donors (Lipinski definition) is 1. The molecule has 1 amide bonds. The predicted molar refractivity (Wildman–Crippen MR) is 120 cm³/mol. The Labute approximate surface area is 186 Å². The molecule has 0 saturated carbocycles. The first-order valence-electron chi connectivity index (χ1n) is 10.9. The first-order chi connectivity index (χ1) is 15.6. The minimum atomic E-state index is -0.285. The summed E-state index contributed by atoms with van der Waals surface area (Å²) in [6, 6.07) is 14.5. The molecule has 2 aromatic carbocycles. The van der Waals surface area contributed by atoms with Crippen LogP contribution < -0.4 is 5.32 Å². The summed E-state index contributed by atoms with van der Waals surface area (Å²) in [5.74, 6) is 1.40. The van der Waals surface area contributed by atoms with Crippen LogP contribution in [-0.2, 0) is 17.9 Å². The van der Waals surface area contributed by atoms with E-state index in [2.05, 4.69) is 32.2 Å². The van der Waals surface area contributed by atoms with E-state index in [1.165, 1.54) is 17.7 Å². The normalized spacial score (nSPS) is 17.8. The van der Waals surface area contributed by atoms with E-state index in [1.807, 2.05) is 24.0 Å². The molecule has 0 radical (unpaired) electrons. The molecule has 3 heterocycles. The number of carbonyl (C=O) groups excluding carboxylic acids is 1. The Kier molecular flexibility index (Phi) is 5.43. The van der Waals surface area contributed by atoms with Crippen LogP contribution in [0.3, 0.4) is 0 Å². The first-order valence-corrected chi connectivity index (χ1v) is 10.9. The van der Waals surface area contributed by atoms with Crippen LogP contribution in [0.2, 0.25) is 0 Å². The summed E-state index contributed by atoms with van der Waals surface area (Å²) in [6.07, 6.45) is 0.744. The van der Waals surface area contributed by atoms with Crippen molar-refractivity contribution in [1.29, 1.82) is 0 Å². The summed E-state index contributed by atoms with van der Waals surface area (Å²) in [7, 11) is 0. The van der Waals surface area contributed by atoms with Gasteiger partial charge >= 0.3 is 0 Å². The van der Waals surface area contributed by atoms with Gasteiger partial charge in [0.2, 0.25) is 5.91 Å². The number of carbonyl (C=O) groups is 1. The zero-order valence-electron chi connectivity index (χ0n) is 18.0. The number of halogens is 1. The van der Waals surface area contributed by atoms with E-state index >= 15 is 0 Å². The van der Waals surface area contributed by atoms with Gasteiger partial charge in [-0.2, -0.15) is 10.2 Å². The van der Waals surface area contributed by atoms with E-state index in [0.29, 0.717) is 32.7 Å². The molecular formula is C24H25FN6O. The highest BCUT2D eigenvalue weighted by atomic mass is 19.1.